The number of aryl methyl sites for hydroxylation is 1. The van der Waals surface area contributed by atoms with Crippen molar-refractivity contribution in [2.75, 3.05) is 26.9 Å². The molecule has 0 fully saturated rings. The quantitative estimate of drug-likeness (QED) is 0.119. The highest BCUT2D eigenvalue weighted by Gasteiger charge is 2.11. The van der Waals surface area contributed by atoms with Crippen molar-refractivity contribution in [1.82, 2.24) is 5.32 Å². The molecular weight excluding hydrogens is 603 g/mol. The molecule has 0 atom stereocenters. The molecule has 0 radical (unpaired) electrons. The summed E-state index contributed by atoms with van der Waals surface area (Å²) in [5.41, 5.74) is 1.19. The molecule has 0 spiro atoms. The molecule has 220 valence electrons. The zero-order chi connectivity index (χ0) is 27.3. The van der Waals surface area contributed by atoms with Crippen molar-refractivity contribution in [1.29, 1.82) is 0 Å². The normalized spacial score (nSPS) is 10.5. The highest BCUT2D eigenvalue weighted by atomic mass is 127. The van der Waals surface area contributed by atoms with Gasteiger partial charge in [-0.3, -0.25) is 4.79 Å². The van der Waals surface area contributed by atoms with E-state index in [1.165, 1.54) is 76.3 Å². The first kappa shape index (κ1) is 35.0. The van der Waals surface area contributed by atoms with E-state index in [1.54, 1.807) is 13.2 Å². The van der Waals surface area contributed by atoms with Gasteiger partial charge in [0.25, 0.3) is 5.91 Å². The lowest BCUT2D eigenvalue weighted by molar-refractivity contribution is -0.700. The van der Waals surface area contributed by atoms with Crippen LogP contribution in [0.3, 0.4) is 0 Å². The molecule has 0 aliphatic carbocycles. The van der Waals surface area contributed by atoms with Gasteiger partial charge in [0.1, 0.15) is 12.3 Å². The topological polar surface area (TPSA) is 60.7 Å². The van der Waals surface area contributed by atoms with Crippen molar-refractivity contribution in [2.24, 2.45) is 0 Å². The Kier molecular flexibility index (Phi) is 20.4. The Morgan fingerprint density at radius 3 is 2.13 bits per heavy atom. The van der Waals surface area contributed by atoms with Crippen LogP contribution in [0.15, 0.2) is 42.6 Å². The second-order valence-corrected chi connectivity index (χ2v) is 9.92. The van der Waals surface area contributed by atoms with Gasteiger partial charge < -0.3 is 43.5 Å². The first-order chi connectivity index (χ1) is 18.7. The smallest absolute Gasteiger partial charge is 0.257 e. The Morgan fingerprint density at radius 1 is 0.821 bits per heavy atom. The number of hydrogen-bond acceptors (Lipinski definition) is 4. The maximum atomic E-state index is 12.3. The summed E-state index contributed by atoms with van der Waals surface area (Å²) < 4.78 is 19.3. The van der Waals surface area contributed by atoms with Crippen LogP contribution in [0.4, 0.5) is 0 Å². The Morgan fingerprint density at radius 2 is 1.49 bits per heavy atom. The van der Waals surface area contributed by atoms with E-state index in [9.17, 15) is 4.79 Å². The van der Waals surface area contributed by atoms with Crippen LogP contribution in [0.2, 0.25) is 0 Å². The minimum Gasteiger partial charge on any atom is -1.00 e. The van der Waals surface area contributed by atoms with Gasteiger partial charge >= 0.3 is 0 Å². The third kappa shape index (κ3) is 15.4. The van der Waals surface area contributed by atoms with Crippen molar-refractivity contribution < 1.29 is 47.5 Å². The van der Waals surface area contributed by atoms with Crippen molar-refractivity contribution in [2.45, 2.75) is 104 Å². The molecule has 39 heavy (non-hydrogen) atoms. The number of amides is 1. The monoisotopic (exact) mass is 654 g/mol. The molecule has 2 rings (SSSR count). The van der Waals surface area contributed by atoms with E-state index in [4.69, 9.17) is 14.2 Å². The number of rotatable bonds is 22. The predicted molar refractivity (Wildman–Crippen MR) is 154 cm³/mol. The number of nitrogens with zero attached hydrogens (tertiary/aromatic N) is 1. The summed E-state index contributed by atoms with van der Waals surface area (Å²) in [6.07, 6.45) is 18.8. The average Bonchev–Trinajstić information content (AvgIpc) is 2.94. The zero-order valence-corrected chi connectivity index (χ0v) is 26.7. The molecule has 0 unspecified atom stereocenters. The Hall–Kier alpha value is -2.03. The lowest BCUT2D eigenvalue weighted by Crippen LogP contribution is -3.00. The highest BCUT2D eigenvalue weighted by Crippen LogP contribution is 2.31. The van der Waals surface area contributed by atoms with Crippen LogP contribution in [-0.4, -0.2) is 32.8 Å². The Labute approximate surface area is 254 Å². The predicted octanol–water partition coefficient (Wildman–Crippen LogP) is 3.82. The fourth-order valence-electron chi connectivity index (χ4n) is 4.56. The van der Waals surface area contributed by atoms with Crippen LogP contribution in [0, 0.1) is 0 Å². The summed E-state index contributed by atoms with van der Waals surface area (Å²) in [6.45, 7) is 6.49. The third-order valence-electron chi connectivity index (χ3n) is 6.84. The molecule has 1 heterocycles. The van der Waals surface area contributed by atoms with Crippen molar-refractivity contribution >= 4 is 5.91 Å². The number of pyridine rings is 1. The fourth-order valence-corrected chi connectivity index (χ4v) is 4.56. The van der Waals surface area contributed by atoms with Gasteiger partial charge in [0.15, 0.2) is 30.0 Å². The van der Waals surface area contributed by atoms with Crippen LogP contribution >= 0.6 is 0 Å². The number of unbranched alkanes of at least 4 members (excludes halogenated alkanes) is 11. The second-order valence-electron chi connectivity index (χ2n) is 9.92. The summed E-state index contributed by atoms with van der Waals surface area (Å²) in [5, 5.41) is 2.93. The molecule has 1 amide bonds. The van der Waals surface area contributed by atoms with Gasteiger partial charge in [0.05, 0.1) is 13.7 Å². The molecule has 1 aromatic carbocycles. The van der Waals surface area contributed by atoms with Crippen LogP contribution in [0.1, 0.15) is 96.6 Å². The molecule has 0 aliphatic heterocycles. The van der Waals surface area contributed by atoms with Crippen molar-refractivity contribution in [3.63, 3.8) is 0 Å². The van der Waals surface area contributed by atoms with E-state index in [-0.39, 0.29) is 36.5 Å². The van der Waals surface area contributed by atoms with E-state index < -0.39 is 0 Å². The van der Waals surface area contributed by atoms with E-state index in [1.807, 2.05) is 24.3 Å². The first-order valence-electron chi connectivity index (χ1n) is 14.9. The molecule has 1 N–H and O–H groups in total. The third-order valence-corrected chi connectivity index (χ3v) is 6.84. The van der Waals surface area contributed by atoms with Gasteiger partial charge in [0, 0.05) is 31.2 Å². The number of ether oxygens (including phenoxy) is 3. The maximum Gasteiger partial charge on any atom is 0.257 e. The van der Waals surface area contributed by atoms with E-state index in [0.29, 0.717) is 24.7 Å². The molecular formula is C32H51IN2O4. The fraction of sp³-hybridized carbons (Fsp3) is 0.625. The minimum atomic E-state index is -0.154. The second kappa shape index (κ2) is 22.8. The van der Waals surface area contributed by atoms with Gasteiger partial charge in [-0.25, -0.2) is 4.57 Å². The van der Waals surface area contributed by atoms with Gasteiger partial charge in [-0.1, -0.05) is 83.6 Å². The number of halogens is 1. The summed E-state index contributed by atoms with van der Waals surface area (Å²) in [6, 6.07) is 11.6. The van der Waals surface area contributed by atoms with Crippen LogP contribution in [-0.2, 0) is 17.8 Å². The van der Waals surface area contributed by atoms with Crippen molar-refractivity contribution in [3.8, 4) is 17.2 Å². The minimum absolute atomic E-state index is 0. The molecule has 7 heteroatoms. The van der Waals surface area contributed by atoms with E-state index in [2.05, 4.69) is 36.0 Å². The number of carbonyl (C=O) groups is 1. The first-order valence-corrected chi connectivity index (χ1v) is 14.9. The number of hydrogen-bond donors (Lipinski definition) is 1. The number of benzene rings is 1. The Bertz CT molecular complexity index is 909. The summed E-state index contributed by atoms with van der Waals surface area (Å²) in [5.74, 6) is 1.71. The van der Waals surface area contributed by atoms with Gasteiger partial charge in [-0.2, -0.15) is 0 Å². The molecule has 6 nitrogen and oxygen atoms in total. The van der Waals surface area contributed by atoms with E-state index in [0.717, 1.165) is 25.1 Å². The van der Waals surface area contributed by atoms with Gasteiger partial charge in [-0.15, -0.1) is 0 Å². The summed E-state index contributed by atoms with van der Waals surface area (Å²) in [4.78, 5) is 12.3. The summed E-state index contributed by atoms with van der Waals surface area (Å²) in [7, 11) is 1.60. The lowest BCUT2D eigenvalue weighted by Gasteiger charge is -2.13. The number of nitrogens with one attached hydrogen (secondary N) is 1. The molecule has 0 bridgehead atoms. The zero-order valence-electron chi connectivity index (χ0n) is 24.5. The molecule has 0 saturated heterocycles. The summed E-state index contributed by atoms with van der Waals surface area (Å²) >= 11 is 0. The average molecular weight is 655 g/mol. The van der Waals surface area contributed by atoms with Crippen molar-refractivity contribution in [3.05, 3.63) is 48.3 Å². The largest absolute Gasteiger partial charge is 1.00 e. The SMILES string of the molecule is CCCCCCCCCCCCCCOc1ccc(OCC(=O)NCCc2cccc[n+]2CC)c(OC)c1.[I-]. The molecule has 2 aromatic rings. The number of aromatic nitrogens is 1. The van der Waals surface area contributed by atoms with E-state index >= 15 is 0 Å². The number of methoxy groups -OCH3 is 1. The maximum absolute atomic E-state index is 12.3. The van der Waals surface area contributed by atoms with Crippen LogP contribution in [0.5, 0.6) is 17.2 Å². The number of carbonyl (C=O) groups excluding carboxylic acids is 1. The molecule has 0 saturated carbocycles. The van der Waals surface area contributed by atoms with Gasteiger partial charge in [-0.05, 0) is 25.5 Å². The van der Waals surface area contributed by atoms with Gasteiger partial charge in [0.2, 0.25) is 0 Å². The van der Waals surface area contributed by atoms with Crippen LogP contribution < -0.4 is 48.1 Å². The molecule has 1 aromatic heterocycles. The Balaban J connectivity index is 0.00000760. The molecule has 0 aliphatic rings. The highest BCUT2D eigenvalue weighted by molar-refractivity contribution is 5.77. The van der Waals surface area contributed by atoms with Crippen LogP contribution in [0.25, 0.3) is 0 Å². The lowest BCUT2D eigenvalue weighted by atomic mass is 10.1. The standard InChI is InChI=1S/C32H50N2O4.HI/c1-4-6-7-8-9-10-11-12-13-14-15-18-25-37-29-20-21-30(31(26-29)36-3)38-27-32(35)33-23-22-28-19-16-17-24-34(28)5-2;/h16-17,19-21,24,26H,4-15,18,22-23,25,27H2,1-3H3;1H.